The van der Waals surface area contributed by atoms with Gasteiger partial charge in [0.25, 0.3) is 5.91 Å². The second-order valence-electron chi connectivity index (χ2n) is 6.79. The Morgan fingerprint density at radius 2 is 1.89 bits per heavy atom. The van der Waals surface area contributed by atoms with Crippen LogP contribution in [0.2, 0.25) is 0 Å². The van der Waals surface area contributed by atoms with Gasteiger partial charge in [-0.1, -0.05) is 0 Å². The molecule has 0 bridgehead atoms. The summed E-state index contributed by atoms with van der Waals surface area (Å²) in [5.41, 5.74) is 2.41. The molecular weight excluding hydrogens is 356 g/mol. The molecule has 1 saturated heterocycles. The maximum atomic E-state index is 12.6. The third kappa shape index (κ3) is 3.48. The molecule has 8 heteroatoms. The molecule has 2 amide bonds. The third-order valence-electron chi connectivity index (χ3n) is 5.08. The van der Waals surface area contributed by atoms with E-state index in [0.717, 1.165) is 11.3 Å². The number of rotatable bonds is 5. The van der Waals surface area contributed by atoms with E-state index >= 15 is 0 Å². The van der Waals surface area contributed by atoms with E-state index in [1.54, 1.807) is 47.5 Å². The molecule has 1 aromatic carbocycles. The summed E-state index contributed by atoms with van der Waals surface area (Å²) in [6.45, 7) is 0.423. The maximum Gasteiger partial charge on any atom is 0.251 e. The van der Waals surface area contributed by atoms with Crippen molar-refractivity contribution in [2.24, 2.45) is 5.92 Å². The molecule has 0 aliphatic carbocycles. The topological polar surface area (TPSA) is 93.0 Å². The molecule has 1 aliphatic rings. The van der Waals surface area contributed by atoms with E-state index in [9.17, 15) is 9.59 Å². The highest BCUT2D eigenvalue weighted by molar-refractivity contribution is 5.94. The van der Waals surface area contributed by atoms with Crippen molar-refractivity contribution in [3.63, 3.8) is 0 Å². The highest BCUT2D eigenvalue weighted by atomic mass is 16.2. The molecule has 4 rings (SSSR count). The van der Waals surface area contributed by atoms with Gasteiger partial charge in [0.05, 0.1) is 11.7 Å². The third-order valence-corrected chi connectivity index (χ3v) is 5.08. The van der Waals surface area contributed by atoms with Crippen LogP contribution in [0.25, 0.3) is 5.69 Å². The Kier molecular flexibility index (Phi) is 4.84. The highest BCUT2D eigenvalue weighted by Crippen LogP contribution is 2.36. The number of carbonyl (C=O) groups excluding carboxylic acids is 2. The summed E-state index contributed by atoms with van der Waals surface area (Å²) in [5.74, 6) is -0.0721. The van der Waals surface area contributed by atoms with E-state index in [2.05, 4.69) is 20.4 Å². The van der Waals surface area contributed by atoms with Gasteiger partial charge < -0.3 is 10.2 Å². The lowest BCUT2D eigenvalue weighted by molar-refractivity contribution is -0.127. The van der Waals surface area contributed by atoms with Crippen LogP contribution in [-0.2, 0) is 4.79 Å². The van der Waals surface area contributed by atoms with Gasteiger partial charge in [0.2, 0.25) is 5.91 Å². The van der Waals surface area contributed by atoms with Gasteiger partial charge in [-0.3, -0.25) is 14.6 Å². The van der Waals surface area contributed by atoms with E-state index < -0.39 is 0 Å². The smallest absolute Gasteiger partial charge is 0.251 e. The van der Waals surface area contributed by atoms with Crippen LogP contribution in [0.4, 0.5) is 0 Å². The molecule has 142 valence electrons. The molecule has 3 aromatic rings. The van der Waals surface area contributed by atoms with Gasteiger partial charge in [0, 0.05) is 43.9 Å². The SMILES string of the molecule is CN1C(=O)C[C@H](CNC(=O)c2ccc(-n3cncn3)cc2)[C@H]1c1ccncc1. The van der Waals surface area contributed by atoms with E-state index in [1.807, 2.05) is 24.3 Å². The summed E-state index contributed by atoms with van der Waals surface area (Å²) < 4.78 is 1.63. The monoisotopic (exact) mass is 376 g/mol. The Hall–Kier alpha value is -3.55. The Balaban J connectivity index is 1.43. The molecule has 0 saturated carbocycles. The molecule has 2 aromatic heterocycles. The molecule has 0 radical (unpaired) electrons. The van der Waals surface area contributed by atoms with Crippen molar-refractivity contribution in [3.8, 4) is 5.69 Å². The lowest BCUT2D eigenvalue weighted by atomic mass is 9.94. The lowest BCUT2D eigenvalue weighted by Gasteiger charge is -2.25. The maximum absolute atomic E-state index is 12.6. The van der Waals surface area contributed by atoms with Gasteiger partial charge in [-0.05, 0) is 42.0 Å². The van der Waals surface area contributed by atoms with Crippen molar-refractivity contribution in [3.05, 3.63) is 72.6 Å². The minimum absolute atomic E-state index is 0.0123. The average Bonchev–Trinajstić information content (AvgIpc) is 3.36. The number of carbonyl (C=O) groups is 2. The highest BCUT2D eigenvalue weighted by Gasteiger charge is 2.38. The first-order valence-corrected chi connectivity index (χ1v) is 9.02. The van der Waals surface area contributed by atoms with Crippen molar-refractivity contribution in [2.75, 3.05) is 13.6 Å². The Bertz CT molecular complexity index is 956. The zero-order chi connectivity index (χ0) is 19.5. The number of aromatic nitrogens is 4. The van der Waals surface area contributed by atoms with Crippen LogP contribution < -0.4 is 5.32 Å². The number of hydrogen-bond acceptors (Lipinski definition) is 5. The number of pyridine rings is 1. The Labute approximate surface area is 162 Å². The predicted molar refractivity (Wildman–Crippen MR) is 102 cm³/mol. The molecule has 2 atom stereocenters. The van der Waals surface area contributed by atoms with E-state index in [-0.39, 0.29) is 23.8 Å². The Morgan fingerprint density at radius 3 is 2.57 bits per heavy atom. The number of amides is 2. The number of likely N-dealkylation sites (tertiary alicyclic amines) is 1. The van der Waals surface area contributed by atoms with Crippen LogP contribution in [-0.4, -0.2) is 50.1 Å². The normalized spacial score (nSPS) is 19.0. The molecule has 0 unspecified atom stereocenters. The molecule has 0 spiro atoms. The summed E-state index contributed by atoms with van der Waals surface area (Å²) in [4.78, 5) is 34.5. The van der Waals surface area contributed by atoms with E-state index in [0.29, 0.717) is 18.5 Å². The number of nitrogens with zero attached hydrogens (tertiary/aromatic N) is 5. The molecule has 8 nitrogen and oxygen atoms in total. The second-order valence-corrected chi connectivity index (χ2v) is 6.79. The standard InChI is InChI=1S/C20H20N6O2/c1-25-18(27)10-16(19(25)14-6-8-21-9-7-14)11-23-20(28)15-2-4-17(5-3-15)26-13-22-12-24-26/h2-9,12-13,16,19H,10-11H2,1H3,(H,23,28)/t16-,19-/m1/s1. The summed E-state index contributed by atoms with van der Waals surface area (Å²) in [5, 5.41) is 7.03. The zero-order valence-electron chi connectivity index (χ0n) is 15.4. The van der Waals surface area contributed by atoms with Crippen molar-refractivity contribution in [1.82, 2.24) is 30.0 Å². The lowest BCUT2D eigenvalue weighted by Crippen LogP contribution is -2.32. The van der Waals surface area contributed by atoms with E-state index in [4.69, 9.17) is 0 Å². The summed E-state index contributed by atoms with van der Waals surface area (Å²) in [6, 6.07) is 10.9. The van der Waals surface area contributed by atoms with Gasteiger partial charge in [-0.15, -0.1) is 0 Å². The van der Waals surface area contributed by atoms with Gasteiger partial charge in [0.15, 0.2) is 0 Å². The minimum atomic E-state index is -0.166. The molecule has 28 heavy (non-hydrogen) atoms. The summed E-state index contributed by atoms with van der Waals surface area (Å²) in [6.07, 6.45) is 6.91. The van der Waals surface area contributed by atoms with Crippen LogP contribution in [0.3, 0.4) is 0 Å². The minimum Gasteiger partial charge on any atom is -0.352 e. The van der Waals surface area contributed by atoms with Gasteiger partial charge in [-0.25, -0.2) is 9.67 Å². The predicted octanol–water partition coefficient (Wildman–Crippen LogP) is 1.61. The van der Waals surface area contributed by atoms with Crippen LogP contribution in [0.1, 0.15) is 28.4 Å². The molecule has 1 aliphatic heterocycles. The average molecular weight is 376 g/mol. The first-order chi connectivity index (χ1) is 13.6. The zero-order valence-corrected chi connectivity index (χ0v) is 15.4. The van der Waals surface area contributed by atoms with Gasteiger partial charge >= 0.3 is 0 Å². The molecular formula is C20H20N6O2. The van der Waals surface area contributed by atoms with Gasteiger partial charge in [-0.2, -0.15) is 5.10 Å². The fraction of sp³-hybridized carbons (Fsp3) is 0.250. The molecule has 1 N–H and O–H groups in total. The number of nitrogens with one attached hydrogen (secondary N) is 1. The van der Waals surface area contributed by atoms with Crippen molar-refractivity contribution >= 4 is 11.8 Å². The van der Waals surface area contributed by atoms with Crippen LogP contribution >= 0.6 is 0 Å². The van der Waals surface area contributed by atoms with Crippen molar-refractivity contribution in [1.29, 1.82) is 0 Å². The first-order valence-electron chi connectivity index (χ1n) is 9.02. The fourth-order valence-electron chi connectivity index (χ4n) is 3.62. The molecule has 3 heterocycles. The largest absolute Gasteiger partial charge is 0.352 e. The van der Waals surface area contributed by atoms with Crippen molar-refractivity contribution < 1.29 is 9.59 Å². The molecule has 1 fully saturated rings. The fourth-order valence-corrected chi connectivity index (χ4v) is 3.62. The summed E-state index contributed by atoms with van der Waals surface area (Å²) >= 11 is 0. The second kappa shape index (κ2) is 7.59. The van der Waals surface area contributed by atoms with E-state index in [1.165, 1.54) is 6.33 Å². The quantitative estimate of drug-likeness (QED) is 0.730. The van der Waals surface area contributed by atoms with Crippen LogP contribution in [0.15, 0.2) is 61.4 Å². The summed E-state index contributed by atoms with van der Waals surface area (Å²) in [7, 11) is 1.80. The first kappa shape index (κ1) is 17.8. The van der Waals surface area contributed by atoms with Crippen molar-refractivity contribution in [2.45, 2.75) is 12.5 Å². The Morgan fingerprint density at radius 1 is 1.14 bits per heavy atom. The number of hydrogen-bond donors (Lipinski definition) is 1. The number of benzene rings is 1. The van der Waals surface area contributed by atoms with Crippen LogP contribution in [0.5, 0.6) is 0 Å². The van der Waals surface area contributed by atoms with Gasteiger partial charge in [0.1, 0.15) is 12.7 Å². The van der Waals surface area contributed by atoms with Crippen LogP contribution in [0, 0.1) is 5.92 Å².